The molecule has 0 spiro atoms. The van der Waals surface area contributed by atoms with E-state index < -0.39 is 5.97 Å². The molecular weight excluding hydrogens is 280 g/mol. The highest BCUT2D eigenvalue weighted by Crippen LogP contribution is 2.19. The van der Waals surface area contributed by atoms with Gasteiger partial charge >= 0.3 is 5.97 Å². The molecule has 0 bridgehead atoms. The van der Waals surface area contributed by atoms with Crippen molar-refractivity contribution in [2.45, 2.75) is 19.8 Å². The highest BCUT2D eigenvalue weighted by molar-refractivity contribution is 6.03. The van der Waals surface area contributed by atoms with E-state index in [2.05, 4.69) is 28.9 Å². The summed E-state index contributed by atoms with van der Waals surface area (Å²) in [7, 11) is 1.27. The van der Waals surface area contributed by atoms with E-state index in [1.807, 2.05) is 24.3 Å². The van der Waals surface area contributed by atoms with Crippen molar-refractivity contribution in [3.63, 3.8) is 0 Å². The van der Waals surface area contributed by atoms with Gasteiger partial charge in [0.15, 0.2) is 0 Å². The summed E-state index contributed by atoms with van der Waals surface area (Å²) in [6.07, 6.45) is 0. The van der Waals surface area contributed by atoms with Crippen LogP contribution in [0.2, 0.25) is 0 Å². The third kappa shape index (κ3) is 3.69. The van der Waals surface area contributed by atoms with Gasteiger partial charge in [-0.2, -0.15) is 0 Å². The van der Waals surface area contributed by atoms with Crippen LogP contribution in [0.1, 0.15) is 46.3 Å². The molecule has 1 aromatic carbocycles. The Balaban J connectivity index is 2.19. The fourth-order valence-corrected chi connectivity index (χ4v) is 1.95. The lowest BCUT2D eigenvalue weighted by atomic mass is 10.0. The lowest BCUT2D eigenvalue weighted by Gasteiger charge is -2.09. The number of nitrogens with zero attached hydrogens (tertiary/aromatic N) is 1. The Morgan fingerprint density at radius 1 is 1.09 bits per heavy atom. The molecule has 0 aliphatic rings. The zero-order valence-corrected chi connectivity index (χ0v) is 12.8. The summed E-state index contributed by atoms with van der Waals surface area (Å²) in [5.74, 6) is -0.569. The fraction of sp³-hybridized carbons (Fsp3) is 0.235. The van der Waals surface area contributed by atoms with Crippen molar-refractivity contribution in [3.8, 4) is 0 Å². The number of esters is 1. The summed E-state index contributed by atoms with van der Waals surface area (Å²) in [5, 5.41) is 2.78. The predicted molar refractivity (Wildman–Crippen MR) is 84.1 cm³/mol. The van der Waals surface area contributed by atoms with Crippen LogP contribution in [-0.2, 0) is 4.74 Å². The zero-order chi connectivity index (χ0) is 16.1. The number of carbonyl (C=O) groups excluding carboxylic acids is 2. The van der Waals surface area contributed by atoms with Gasteiger partial charge in [0.2, 0.25) is 0 Å². The number of ether oxygens (including phenoxy) is 1. The Hall–Kier alpha value is -2.69. The van der Waals surface area contributed by atoms with E-state index in [0.29, 0.717) is 11.6 Å². The molecule has 1 aromatic heterocycles. The summed E-state index contributed by atoms with van der Waals surface area (Å²) < 4.78 is 4.60. The topological polar surface area (TPSA) is 68.3 Å². The molecule has 0 saturated carbocycles. The molecule has 22 heavy (non-hydrogen) atoms. The van der Waals surface area contributed by atoms with Gasteiger partial charge < -0.3 is 10.1 Å². The van der Waals surface area contributed by atoms with Crippen LogP contribution in [0.4, 0.5) is 5.69 Å². The van der Waals surface area contributed by atoms with E-state index in [9.17, 15) is 9.59 Å². The molecule has 2 rings (SSSR count). The van der Waals surface area contributed by atoms with Gasteiger partial charge in [0, 0.05) is 5.69 Å². The van der Waals surface area contributed by atoms with Crippen molar-refractivity contribution >= 4 is 17.6 Å². The highest BCUT2D eigenvalue weighted by Gasteiger charge is 2.13. The molecular formula is C17H18N2O3. The number of hydrogen-bond acceptors (Lipinski definition) is 4. The summed E-state index contributed by atoms with van der Waals surface area (Å²) in [6, 6.07) is 12.3. The van der Waals surface area contributed by atoms with Crippen molar-refractivity contribution in [1.29, 1.82) is 0 Å². The maximum atomic E-state index is 12.2. The first-order chi connectivity index (χ1) is 10.5. The highest BCUT2D eigenvalue weighted by atomic mass is 16.5. The van der Waals surface area contributed by atoms with Crippen molar-refractivity contribution in [2.75, 3.05) is 12.4 Å². The Morgan fingerprint density at radius 3 is 2.45 bits per heavy atom. The van der Waals surface area contributed by atoms with E-state index in [4.69, 9.17) is 0 Å². The summed E-state index contributed by atoms with van der Waals surface area (Å²) >= 11 is 0. The monoisotopic (exact) mass is 298 g/mol. The van der Waals surface area contributed by atoms with E-state index in [0.717, 1.165) is 5.56 Å². The van der Waals surface area contributed by atoms with Crippen LogP contribution in [0.25, 0.3) is 0 Å². The molecule has 0 aliphatic heterocycles. The average molecular weight is 298 g/mol. The molecule has 0 fully saturated rings. The molecule has 5 nitrogen and oxygen atoms in total. The standard InChI is InChI=1S/C17H18N2O3/c1-11(2)12-6-4-7-13(10-12)18-16(20)14-8-5-9-15(19-14)17(21)22-3/h4-11H,1-3H3,(H,18,20). The Morgan fingerprint density at radius 2 is 1.77 bits per heavy atom. The number of carbonyl (C=O) groups is 2. The third-order valence-electron chi connectivity index (χ3n) is 3.19. The SMILES string of the molecule is COC(=O)c1cccc(C(=O)Nc2cccc(C(C)C)c2)n1. The number of pyridine rings is 1. The van der Waals surface area contributed by atoms with Crippen LogP contribution >= 0.6 is 0 Å². The second-order valence-corrected chi connectivity index (χ2v) is 5.13. The van der Waals surface area contributed by atoms with Crippen molar-refractivity contribution < 1.29 is 14.3 Å². The summed E-state index contributed by atoms with van der Waals surface area (Å²) in [5.41, 5.74) is 2.10. The quantitative estimate of drug-likeness (QED) is 0.880. The van der Waals surface area contributed by atoms with Gasteiger partial charge in [-0.05, 0) is 35.7 Å². The minimum atomic E-state index is -0.573. The predicted octanol–water partition coefficient (Wildman–Crippen LogP) is 3.24. The minimum Gasteiger partial charge on any atom is -0.464 e. The number of rotatable bonds is 4. The lowest BCUT2D eigenvalue weighted by molar-refractivity contribution is 0.0594. The van der Waals surface area contributed by atoms with Crippen molar-refractivity contribution in [2.24, 2.45) is 0 Å². The molecule has 0 atom stereocenters. The normalized spacial score (nSPS) is 10.4. The fourth-order valence-electron chi connectivity index (χ4n) is 1.95. The van der Waals surface area contributed by atoms with Crippen LogP contribution in [-0.4, -0.2) is 24.0 Å². The molecule has 1 heterocycles. The van der Waals surface area contributed by atoms with Gasteiger partial charge in [-0.1, -0.05) is 32.0 Å². The van der Waals surface area contributed by atoms with E-state index >= 15 is 0 Å². The number of hydrogen-bond donors (Lipinski definition) is 1. The molecule has 5 heteroatoms. The van der Waals surface area contributed by atoms with Crippen LogP contribution in [0, 0.1) is 0 Å². The number of methoxy groups -OCH3 is 1. The number of nitrogens with one attached hydrogen (secondary N) is 1. The van der Waals surface area contributed by atoms with Gasteiger partial charge in [0.05, 0.1) is 7.11 Å². The van der Waals surface area contributed by atoms with E-state index in [-0.39, 0.29) is 17.3 Å². The second kappa shape index (κ2) is 6.85. The summed E-state index contributed by atoms with van der Waals surface area (Å²) in [6.45, 7) is 4.17. The first-order valence-electron chi connectivity index (χ1n) is 6.98. The zero-order valence-electron chi connectivity index (χ0n) is 12.8. The van der Waals surface area contributed by atoms with Crippen LogP contribution in [0.3, 0.4) is 0 Å². The van der Waals surface area contributed by atoms with Crippen LogP contribution in [0.15, 0.2) is 42.5 Å². The second-order valence-electron chi connectivity index (χ2n) is 5.13. The molecule has 0 saturated heterocycles. The number of amides is 1. The minimum absolute atomic E-state index is 0.103. The molecule has 114 valence electrons. The van der Waals surface area contributed by atoms with Crippen LogP contribution in [0.5, 0.6) is 0 Å². The molecule has 1 N–H and O–H groups in total. The molecule has 1 amide bonds. The Labute approximate surface area is 129 Å². The summed E-state index contributed by atoms with van der Waals surface area (Å²) in [4.78, 5) is 27.7. The number of aromatic nitrogens is 1. The first kappa shape index (κ1) is 15.7. The molecule has 0 aliphatic carbocycles. The van der Waals surface area contributed by atoms with Gasteiger partial charge in [-0.25, -0.2) is 9.78 Å². The van der Waals surface area contributed by atoms with Gasteiger partial charge in [-0.15, -0.1) is 0 Å². The van der Waals surface area contributed by atoms with Gasteiger partial charge in [-0.3, -0.25) is 4.79 Å². The van der Waals surface area contributed by atoms with Crippen molar-refractivity contribution in [1.82, 2.24) is 4.98 Å². The largest absolute Gasteiger partial charge is 0.464 e. The smallest absolute Gasteiger partial charge is 0.356 e. The van der Waals surface area contributed by atoms with Crippen molar-refractivity contribution in [3.05, 3.63) is 59.4 Å². The van der Waals surface area contributed by atoms with Gasteiger partial charge in [0.25, 0.3) is 5.91 Å². The maximum Gasteiger partial charge on any atom is 0.356 e. The average Bonchev–Trinajstić information content (AvgIpc) is 2.54. The Bertz CT molecular complexity index is 696. The lowest BCUT2D eigenvalue weighted by Crippen LogP contribution is -2.16. The maximum absolute atomic E-state index is 12.2. The third-order valence-corrected chi connectivity index (χ3v) is 3.19. The van der Waals surface area contributed by atoms with Gasteiger partial charge in [0.1, 0.15) is 11.4 Å². The Kier molecular flexibility index (Phi) is 4.88. The molecule has 0 unspecified atom stereocenters. The first-order valence-corrected chi connectivity index (χ1v) is 6.98. The molecule has 2 aromatic rings. The molecule has 0 radical (unpaired) electrons. The van der Waals surface area contributed by atoms with E-state index in [1.165, 1.54) is 13.2 Å². The van der Waals surface area contributed by atoms with Crippen LogP contribution < -0.4 is 5.32 Å². The van der Waals surface area contributed by atoms with E-state index in [1.54, 1.807) is 12.1 Å². The number of benzene rings is 1. The number of anilines is 1.